The standard InChI is InChI=1S/C14H13Br2NO3S/c1-9-7-13(16)14(8-12(9)15)21(19,20)17(2)10-3-5-11(18)6-4-10/h3-8,18H,1-2H3. The molecular formula is C14H13Br2NO3S. The van der Waals surface area contributed by atoms with E-state index in [1.807, 2.05) is 6.92 Å². The molecule has 0 radical (unpaired) electrons. The van der Waals surface area contributed by atoms with E-state index in [0.29, 0.717) is 10.2 Å². The average Bonchev–Trinajstić information content (AvgIpc) is 2.42. The van der Waals surface area contributed by atoms with Crippen molar-refractivity contribution in [2.24, 2.45) is 0 Å². The van der Waals surface area contributed by atoms with Crippen LogP contribution in [0, 0.1) is 6.92 Å². The summed E-state index contributed by atoms with van der Waals surface area (Å²) in [7, 11) is -2.23. The Morgan fingerprint density at radius 2 is 1.62 bits per heavy atom. The number of phenolic OH excluding ortho intramolecular Hbond substituents is 1. The van der Waals surface area contributed by atoms with E-state index in [9.17, 15) is 13.5 Å². The third-order valence-electron chi connectivity index (χ3n) is 3.06. The van der Waals surface area contributed by atoms with Crippen molar-refractivity contribution in [1.82, 2.24) is 0 Å². The number of hydrogen-bond acceptors (Lipinski definition) is 3. The quantitative estimate of drug-likeness (QED) is 0.792. The summed E-state index contributed by atoms with van der Waals surface area (Å²) in [4.78, 5) is 0.176. The SMILES string of the molecule is Cc1cc(Br)c(S(=O)(=O)N(C)c2ccc(O)cc2)cc1Br. The first kappa shape index (κ1) is 16.3. The van der Waals surface area contributed by atoms with E-state index in [2.05, 4.69) is 31.9 Å². The molecule has 0 amide bonds. The van der Waals surface area contributed by atoms with Gasteiger partial charge in [-0.15, -0.1) is 0 Å². The summed E-state index contributed by atoms with van der Waals surface area (Å²) >= 11 is 6.65. The van der Waals surface area contributed by atoms with E-state index in [-0.39, 0.29) is 10.6 Å². The summed E-state index contributed by atoms with van der Waals surface area (Å²) in [6.45, 7) is 1.88. The van der Waals surface area contributed by atoms with Crippen molar-refractivity contribution in [3.8, 4) is 5.75 Å². The lowest BCUT2D eigenvalue weighted by Crippen LogP contribution is -2.26. The van der Waals surface area contributed by atoms with Crippen LogP contribution in [0.2, 0.25) is 0 Å². The third-order valence-corrected chi connectivity index (χ3v) is 6.66. The molecule has 2 aromatic carbocycles. The zero-order chi connectivity index (χ0) is 15.8. The molecule has 0 saturated heterocycles. The topological polar surface area (TPSA) is 57.6 Å². The average molecular weight is 435 g/mol. The summed E-state index contributed by atoms with van der Waals surface area (Å²) in [5, 5.41) is 9.29. The number of hydrogen-bond donors (Lipinski definition) is 1. The summed E-state index contributed by atoms with van der Waals surface area (Å²) in [5.74, 6) is 0.0869. The molecule has 2 rings (SSSR count). The fourth-order valence-electron chi connectivity index (χ4n) is 1.77. The number of anilines is 1. The smallest absolute Gasteiger partial charge is 0.265 e. The number of halogens is 2. The largest absolute Gasteiger partial charge is 0.508 e. The van der Waals surface area contributed by atoms with Gasteiger partial charge in [-0.05, 0) is 64.8 Å². The lowest BCUT2D eigenvalue weighted by atomic mass is 10.2. The van der Waals surface area contributed by atoms with Gasteiger partial charge in [0.1, 0.15) is 10.6 Å². The highest BCUT2D eigenvalue weighted by Crippen LogP contribution is 2.32. The minimum atomic E-state index is -3.70. The van der Waals surface area contributed by atoms with Crippen LogP contribution < -0.4 is 4.31 Å². The number of aryl methyl sites for hydroxylation is 1. The van der Waals surface area contributed by atoms with Crippen LogP contribution in [0.5, 0.6) is 5.75 Å². The summed E-state index contributed by atoms with van der Waals surface area (Å²) in [6.07, 6.45) is 0. The van der Waals surface area contributed by atoms with Gasteiger partial charge in [0.05, 0.1) is 5.69 Å². The second kappa shape index (κ2) is 5.98. The van der Waals surface area contributed by atoms with Crippen molar-refractivity contribution in [3.05, 3.63) is 50.9 Å². The molecule has 4 nitrogen and oxygen atoms in total. The van der Waals surface area contributed by atoms with Gasteiger partial charge in [-0.25, -0.2) is 8.42 Å². The monoisotopic (exact) mass is 433 g/mol. The molecule has 0 fully saturated rings. The molecule has 112 valence electrons. The highest BCUT2D eigenvalue weighted by molar-refractivity contribution is 9.11. The Balaban J connectivity index is 2.51. The Kier molecular flexibility index (Phi) is 4.65. The molecular weight excluding hydrogens is 422 g/mol. The zero-order valence-electron chi connectivity index (χ0n) is 11.3. The van der Waals surface area contributed by atoms with E-state index >= 15 is 0 Å². The van der Waals surface area contributed by atoms with Crippen molar-refractivity contribution in [2.45, 2.75) is 11.8 Å². The maximum absolute atomic E-state index is 12.7. The molecule has 0 spiro atoms. The minimum absolute atomic E-state index is 0.0869. The molecule has 0 atom stereocenters. The van der Waals surface area contributed by atoms with Crippen molar-refractivity contribution < 1.29 is 13.5 Å². The van der Waals surface area contributed by atoms with Crippen LogP contribution in [0.25, 0.3) is 0 Å². The number of nitrogens with zero attached hydrogens (tertiary/aromatic N) is 1. The van der Waals surface area contributed by atoms with E-state index in [4.69, 9.17) is 0 Å². The van der Waals surface area contributed by atoms with E-state index in [0.717, 1.165) is 10.0 Å². The fraction of sp³-hybridized carbons (Fsp3) is 0.143. The van der Waals surface area contributed by atoms with Gasteiger partial charge in [0.15, 0.2) is 0 Å². The number of benzene rings is 2. The second-order valence-corrected chi connectivity index (χ2v) is 8.17. The van der Waals surface area contributed by atoms with Crippen LogP contribution in [0.3, 0.4) is 0 Å². The minimum Gasteiger partial charge on any atom is -0.508 e. The van der Waals surface area contributed by atoms with Crippen molar-refractivity contribution in [1.29, 1.82) is 0 Å². The first-order chi connectivity index (χ1) is 9.73. The molecule has 0 aliphatic rings. The van der Waals surface area contributed by atoms with Gasteiger partial charge in [-0.1, -0.05) is 15.9 Å². The number of sulfonamides is 1. The van der Waals surface area contributed by atoms with Crippen LogP contribution in [0.4, 0.5) is 5.69 Å². The van der Waals surface area contributed by atoms with E-state index in [1.165, 1.54) is 23.5 Å². The molecule has 1 N–H and O–H groups in total. The lowest BCUT2D eigenvalue weighted by molar-refractivity contribution is 0.475. The molecule has 0 aromatic heterocycles. The molecule has 2 aromatic rings. The molecule has 0 saturated carbocycles. The van der Waals surface area contributed by atoms with Gasteiger partial charge in [0.25, 0.3) is 10.0 Å². The van der Waals surface area contributed by atoms with E-state index < -0.39 is 10.0 Å². The van der Waals surface area contributed by atoms with Crippen LogP contribution in [-0.4, -0.2) is 20.6 Å². The fourth-order valence-corrected chi connectivity index (χ4v) is 4.61. The highest BCUT2D eigenvalue weighted by atomic mass is 79.9. The van der Waals surface area contributed by atoms with Gasteiger partial charge >= 0.3 is 0 Å². The normalized spacial score (nSPS) is 11.4. The summed E-state index contributed by atoms with van der Waals surface area (Å²) in [5.41, 5.74) is 1.41. The first-order valence-electron chi connectivity index (χ1n) is 5.97. The first-order valence-corrected chi connectivity index (χ1v) is 8.99. The molecule has 0 unspecified atom stereocenters. The van der Waals surface area contributed by atoms with Gasteiger partial charge < -0.3 is 5.11 Å². The van der Waals surface area contributed by atoms with Crippen LogP contribution in [0.15, 0.2) is 50.2 Å². The van der Waals surface area contributed by atoms with Gasteiger partial charge in [-0.2, -0.15) is 0 Å². The van der Waals surface area contributed by atoms with Gasteiger partial charge in [0, 0.05) is 16.0 Å². The Bertz CT molecular complexity index is 774. The van der Waals surface area contributed by atoms with E-state index in [1.54, 1.807) is 24.3 Å². The van der Waals surface area contributed by atoms with Gasteiger partial charge in [0.2, 0.25) is 0 Å². The predicted molar refractivity (Wildman–Crippen MR) is 90.3 cm³/mol. The number of phenols is 1. The Hall–Kier alpha value is -1.05. The summed E-state index contributed by atoms with van der Waals surface area (Å²) in [6, 6.07) is 9.31. The Morgan fingerprint density at radius 1 is 1.05 bits per heavy atom. The molecule has 21 heavy (non-hydrogen) atoms. The van der Waals surface area contributed by atoms with Crippen LogP contribution >= 0.6 is 31.9 Å². The van der Waals surface area contributed by atoms with Crippen molar-refractivity contribution in [3.63, 3.8) is 0 Å². The highest BCUT2D eigenvalue weighted by Gasteiger charge is 2.24. The second-order valence-electron chi connectivity index (χ2n) is 4.52. The van der Waals surface area contributed by atoms with Crippen molar-refractivity contribution >= 4 is 47.6 Å². The molecule has 0 aliphatic carbocycles. The maximum atomic E-state index is 12.7. The molecule has 0 aliphatic heterocycles. The van der Waals surface area contributed by atoms with Crippen LogP contribution in [-0.2, 0) is 10.0 Å². The van der Waals surface area contributed by atoms with Gasteiger partial charge in [-0.3, -0.25) is 4.31 Å². The molecule has 0 bridgehead atoms. The van der Waals surface area contributed by atoms with Crippen molar-refractivity contribution in [2.75, 3.05) is 11.4 Å². The third kappa shape index (κ3) is 3.25. The lowest BCUT2D eigenvalue weighted by Gasteiger charge is -2.20. The zero-order valence-corrected chi connectivity index (χ0v) is 15.3. The Labute approximate surface area is 140 Å². The molecule has 0 heterocycles. The van der Waals surface area contributed by atoms with Crippen LogP contribution in [0.1, 0.15) is 5.56 Å². The predicted octanol–water partition coefficient (Wildman–Crippen LogP) is 4.05. The molecule has 7 heteroatoms. The number of aromatic hydroxyl groups is 1. The number of rotatable bonds is 3. The summed E-state index contributed by atoms with van der Waals surface area (Å²) < 4.78 is 27.8. The maximum Gasteiger partial charge on any atom is 0.265 e. The Morgan fingerprint density at radius 3 is 2.19 bits per heavy atom.